The molecule has 9 nitrogen and oxygen atoms in total. The second kappa shape index (κ2) is 9.42. The Kier molecular flexibility index (Phi) is 6.43. The highest BCUT2D eigenvalue weighted by Gasteiger charge is 2.33. The Labute approximate surface area is 184 Å². The molecule has 5 N–H and O–H groups in total. The molecule has 2 atom stereocenters. The van der Waals surface area contributed by atoms with Gasteiger partial charge in [0.2, 0.25) is 11.7 Å². The monoisotopic (exact) mass is 440 g/mol. The Morgan fingerprint density at radius 1 is 0.875 bits per heavy atom. The van der Waals surface area contributed by atoms with E-state index in [9.17, 15) is 24.3 Å². The highest BCUT2D eigenvalue weighted by atomic mass is 16.3. The predicted octanol–water partition coefficient (Wildman–Crippen LogP) is 1.51. The first-order chi connectivity index (χ1) is 15.4. The topological polar surface area (TPSA) is 144 Å². The lowest BCUT2D eigenvalue weighted by molar-refractivity contribution is -0.125. The SMILES string of the molecule is O=C(NC1CC[C@@H](C(=O)NC2CCC(c3ccccc3)CC2)C1)c1[nH]c(=O)[nH]c(=O)c1O. The molecule has 2 amide bonds. The molecule has 1 heterocycles. The molecule has 2 aromatic rings. The van der Waals surface area contributed by atoms with Crippen LogP contribution in [0.2, 0.25) is 0 Å². The Balaban J connectivity index is 1.26. The zero-order valence-electron chi connectivity index (χ0n) is 17.7. The number of hydrogen-bond acceptors (Lipinski definition) is 5. The van der Waals surface area contributed by atoms with Crippen LogP contribution >= 0.6 is 0 Å². The number of nitrogens with one attached hydrogen (secondary N) is 4. The van der Waals surface area contributed by atoms with Crippen molar-refractivity contribution in [1.29, 1.82) is 0 Å². The highest BCUT2D eigenvalue weighted by Crippen LogP contribution is 2.33. The Bertz CT molecular complexity index is 1090. The van der Waals surface area contributed by atoms with Crippen molar-refractivity contribution >= 4 is 11.8 Å². The minimum Gasteiger partial charge on any atom is -0.501 e. The quantitative estimate of drug-likeness (QED) is 0.479. The number of amides is 2. The summed E-state index contributed by atoms with van der Waals surface area (Å²) in [4.78, 5) is 52.0. The molecule has 9 heteroatoms. The fraction of sp³-hybridized carbons (Fsp3) is 0.478. The van der Waals surface area contributed by atoms with E-state index in [-0.39, 0.29) is 23.9 Å². The predicted molar refractivity (Wildman–Crippen MR) is 118 cm³/mol. The maximum absolute atomic E-state index is 12.8. The fourth-order valence-electron chi connectivity index (χ4n) is 4.87. The van der Waals surface area contributed by atoms with Crippen LogP contribution in [0.15, 0.2) is 39.9 Å². The van der Waals surface area contributed by atoms with Gasteiger partial charge in [-0.1, -0.05) is 30.3 Å². The van der Waals surface area contributed by atoms with Gasteiger partial charge in [-0.25, -0.2) is 4.79 Å². The minimum absolute atomic E-state index is 0.0114. The summed E-state index contributed by atoms with van der Waals surface area (Å²) in [5, 5.41) is 15.6. The van der Waals surface area contributed by atoms with Crippen molar-refractivity contribution in [2.45, 2.75) is 62.9 Å². The maximum Gasteiger partial charge on any atom is 0.326 e. The van der Waals surface area contributed by atoms with Gasteiger partial charge in [0.1, 0.15) is 0 Å². The van der Waals surface area contributed by atoms with Gasteiger partial charge in [-0.05, 0) is 56.4 Å². The smallest absolute Gasteiger partial charge is 0.326 e. The second-order valence-corrected chi connectivity index (χ2v) is 8.78. The van der Waals surface area contributed by atoms with Crippen LogP contribution in [0.1, 0.15) is 66.9 Å². The van der Waals surface area contributed by atoms with Gasteiger partial charge in [0.05, 0.1) is 0 Å². The number of aromatic hydroxyl groups is 1. The Morgan fingerprint density at radius 2 is 1.56 bits per heavy atom. The van der Waals surface area contributed by atoms with Gasteiger partial charge in [0.25, 0.3) is 11.5 Å². The summed E-state index contributed by atoms with van der Waals surface area (Å²) in [5.41, 5.74) is -1.01. The molecule has 2 aliphatic carbocycles. The molecular weight excluding hydrogens is 412 g/mol. The lowest BCUT2D eigenvalue weighted by Crippen LogP contribution is -2.41. The van der Waals surface area contributed by atoms with Crippen molar-refractivity contribution in [2.75, 3.05) is 0 Å². The molecule has 2 saturated carbocycles. The van der Waals surface area contributed by atoms with Crippen LogP contribution in [0.5, 0.6) is 5.75 Å². The van der Waals surface area contributed by atoms with Gasteiger partial charge < -0.3 is 15.7 Å². The average Bonchev–Trinajstić information content (AvgIpc) is 3.26. The minimum atomic E-state index is -1.02. The van der Waals surface area contributed by atoms with E-state index >= 15 is 0 Å². The number of benzene rings is 1. The van der Waals surface area contributed by atoms with E-state index in [1.165, 1.54) is 5.56 Å². The molecule has 0 bridgehead atoms. The summed E-state index contributed by atoms with van der Waals surface area (Å²) in [5.74, 6) is -1.21. The van der Waals surface area contributed by atoms with E-state index in [2.05, 4.69) is 39.9 Å². The Morgan fingerprint density at radius 3 is 2.28 bits per heavy atom. The van der Waals surface area contributed by atoms with Crippen LogP contribution < -0.4 is 21.9 Å². The molecule has 1 aromatic carbocycles. The maximum atomic E-state index is 12.8. The molecule has 0 spiro atoms. The van der Waals surface area contributed by atoms with E-state index in [0.29, 0.717) is 25.2 Å². The molecule has 2 fully saturated rings. The van der Waals surface area contributed by atoms with Crippen molar-refractivity contribution in [3.63, 3.8) is 0 Å². The number of carbonyl (C=O) groups is 2. The number of aromatic amines is 2. The third-order valence-corrected chi connectivity index (χ3v) is 6.63. The molecule has 170 valence electrons. The second-order valence-electron chi connectivity index (χ2n) is 8.78. The number of H-pyrrole nitrogens is 2. The molecule has 0 saturated heterocycles. The number of hydrogen-bond donors (Lipinski definition) is 5. The highest BCUT2D eigenvalue weighted by molar-refractivity contribution is 5.94. The van der Waals surface area contributed by atoms with Crippen molar-refractivity contribution in [3.8, 4) is 5.75 Å². The van der Waals surface area contributed by atoms with Crippen molar-refractivity contribution < 1.29 is 14.7 Å². The van der Waals surface area contributed by atoms with Crippen molar-refractivity contribution in [2.24, 2.45) is 5.92 Å². The first-order valence-electron chi connectivity index (χ1n) is 11.1. The van der Waals surface area contributed by atoms with E-state index < -0.39 is 28.6 Å². The fourth-order valence-corrected chi connectivity index (χ4v) is 4.87. The largest absolute Gasteiger partial charge is 0.501 e. The van der Waals surface area contributed by atoms with E-state index in [1.54, 1.807) is 0 Å². The molecule has 0 aliphatic heterocycles. The third-order valence-electron chi connectivity index (χ3n) is 6.63. The average molecular weight is 441 g/mol. The lowest BCUT2D eigenvalue weighted by atomic mass is 9.81. The molecule has 1 unspecified atom stereocenters. The Hall–Kier alpha value is -3.36. The summed E-state index contributed by atoms with van der Waals surface area (Å²) in [6, 6.07) is 10.4. The van der Waals surface area contributed by atoms with Crippen LogP contribution in [-0.2, 0) is 4.79 Å². The van der Waals surface area contributed by atoms with Gasteiger partial charge in [-0.15, -0.1) is 0 Å². The van der Waals surface area contributed by atoms with E-state index in [4.69, 9.17) is 0 Å². The van der Waals surface area contributed by atoms with Crippen molar-refractivity contribution in [3.05, 3.63) is 62.4 Å². The summed E-state index contributed by atoms with van der Waals surface area (Å²) in [6.07, 6.45) is 5.74. The first kappa shape index (κ1) is 21.9. The van der Waals surface area contributed by atoms with Gasteiger partial charge in [-0.3, -0.25) is 24.4 Å². The molecule has 32 heavy (non-hydrogen) atoms. The number of aromatic nitrogens is 2. The van der Waals surface area contributed by atoms with Crippen LogP contribution in [0.4, 0.5) is 0 Å². The van der Waals surface area contributed by atoms with E-state index in [1.807, 2.05) is 11.1 Å². The molecular formula is C23H28N4O5. The third kappa shape index (κ3) is 4.92. The van der Waals surface area contributed by atoms with Gasteiger partial charge in [0.15, 0.2) is 5.69 Å². The normalized spacial score (nSPS) is 25.2. The van der Waals surface area contributed by atoms with Crippen LogP contribution in [0, 0.1) is 5.92 Å². The summed E-state index contributed by atoms with van der Waals surface area (Å²) in [6.45, 7) is 0. The van der Waals surface area contributed by atoms with Crippen molar-refractivity contribution in [1.82, 2.24) is 20.6 Å². The molecule has 2 aliphatic rings. The van der Waals surface area contributed by atoms with Crippen LogP contribution in [0.25, 0.3) is 0 Å². The zero-order valence-corrected chi connectivity index (χ0v) is 17.7. The summed E-state index contributed by atoms with van der Waals surface area (Å²) < 4.78 is 0. The molecule has 4 rings (SSSR count). The molecule has 0 radical (unpaired) electrons. The lowest BCUT2D eigenvalue weighted by Gasteiger charge is -2.30. The van der Waals surface area contributed by atoms with Gasteiger partial charge in [0, 0.05) is 18.0 Å². The van der Waals surface area contributed by atoms with Crippen LogP contribution in [0.3, 0.4) is 0 Å². The zero-order chi connectivity index (χ0) is 22.7. The standard InChI is InChI=1S/C23H28N4O5/c28-19-18(26-23(32)27-22(19)31)21(30)25-17-11-8-15(12-17)20(29)24-16-9-6-14(7-10-16)13-4-2-1-3-5-13/h1-5,14-17,28H,6-12H2,(H,24,29)(H,25,30)(H2,26,27,31,32)/t14?,15-,16?,17?/m1/s1. The van der Waals surface area contributed by atoms with E-state index in [0.717, 1.165) is 25.7 Å². The molecule has 1 aromatic heterocycles. The van der Waals surface area contributed by atoms with Crippen LogP contribution in [-0.4, -0.2) is 39.0 Å². The summed E-state index contributed by atoms with van der Waals surface area (Å²) >= 11 is 0. The van der Waals surface area contributed by atoms with Gasteiger partial charge >= 0.3 is 5.69 Å². The van der Waals surface area contributed by atoms with Gasteiger partial charge in [-0.2, -0.15) is 0 Å². The summed E-state index contributed by atoms with van der Waals surface area (Å²) in [7, 11) is 0. The number of carbonyl (C=O) groups excluding carboxylic acids is 2. The number of rotatable bonds is 5. The first-order valence-corrected chi connectivity index (χ1v) is 11.1.